The quantitative estimate of drug-likeness (QED) is 0.881. The molecule has 0 saturated carbocycles. The molecule has 96 valence electrons. The molecule has 0 radical (unpaired) electrons. The number of carbonyl (C=O) groups is 2. The van der Waals surface area contributed by atoms with Crippen LogP contribution in [0, 0.1) is 0 Å². The fourth-order valence-corrected chi connectivity index (χ4v) is 1.90. The molecule has 0 bridgehead atoms. The second-order valence-electron chi connectivity index (χ2n) is 4.12. The summed E-state index contributed by atoms with van der Waals surface area (Å²) >= 11 is 0. The average molecular weight is 256 g/mol. The standard InChI is InChI=1S/C15H12O4/c16-14(17)9-10-5-7-11(8-6-10)12-3-1-2-4-13(12)15(18)19/h1-8H,9H2,(H,16,17)(H,18,19). The predicted molar refractivity (Wildman–Crippen MR) is 70.2 cm³/mol. The third-order valence-corrected chi connectivity index (χ3v) is 2.78. The molecule has 2 N–H and O–H groups in total. The molecule has 0 fully saturated rings. The first kappa shape index (κ1) is 12.8. The van der Waals surface area contributed by atoms with E-state index in [1.54, 1.807) is 48.5 Å². The van der Waals surface area contributed by atoms with E-state index >= 15 is 0 Å². The van der Waals surface area contributed by atoms with Gasteiger partial charge in [0.05, 0.1) is 12.0 Å². The van der Waals surface area contributed by atoms with Crippen molar-refractivity contribution in [1.82, 2.24) is 0 Å². The van der Waals surface area contributed by atoms with Crippen molar-refractivity contribution in [2.24, 2.45) is 0 Å². The molecule has 0 saturated heterocycles. The van der Waals surface area contributed by atoms with Crippen LogP contribution in [0.2, 0.25) is 0 Å². The summed E-state index contributed by atoms with van der Waals surface area (Å²) in [7, 11) is 0. The molecule has 0 aliphatic rings. The van der Waals surface area contributed by atoms with Crippen molar-refractivity contribution in [3.05, 3.63) is 59.7 Å². The van der Waals surface area contributed by atoms with Gasteiger partial charge in [-0.1, -0.05) is 42.5 Å². The highest BCUT2D eigenvalue weighted by atomic mass is 16.4. The number of hydrogen-bond acceptors (Lipinski definition) is 2. The zero-order chi connectivity index (χ0) is 13.8. The SMILES string of the molecule is O=C(O)Cc1ccc(-c2ccccc2C(=O)O)cc1. The molecule has 19 heavy (non-hydrogen) atoms. The van der Waals surface area contributed by atoms with Crippen LogP contribution in [0.4, 0.5) is 0 Å². The highest BCUT2D eigenvalue weighted by molar-refractivity contribution is 5.96. The summed E-state index contributed by atoms with van der Waals surface area (Å²) < 4.78 is 0. The van der Waals surface area contributed by atoms with Crippen molar-refractivity contribution < 1.29 is 19.8 Å². The van der Waals surface area contributed by atoms with E-state index < -0.39 is 11.9 Å². The number of hydrogen-bond donors (Lipinski definition) is 2. The van der Waals surface area contributed by atoms with Crippen molar-refractivity contribution in [1.29, 1.82) is 0 Å². The van der Waals surface area contributed by atoms with Crippen LogP contribution in [0.25, 0.3) is 11.1 Å². The summed E-state index contributed by atoms with van der Waals surface area (Å²) in [4.78, 5) is 21.7. The van der Waals surface area contributed by atoms with E-state index in [-0.39, 0.29) is 12.0 Å². The van der Waals surface area contributed by atoms with Gasteiger partial charge in [-0.3, -0.25) is 4.79 Å². The Morgan fingerprint density at radius 2 is 1.53 bits per heavy atom. The largest absolute Gasteiger partial charge is 0.481 e. The fourth-order valence-electron chi connectivity index (χ4n) is 1.90. The first-order chi connectivity index (χ1) is 9.08. The molecule has 4 nitrogen and oxygen atoms in total. The van der Waals surface area contributed by atoms with Gasteiger partial charge in [0, 0.05) is 0 Å². The minimum Gasteiger partial charge on any atom is -0.481 e. The van der Waals surface area contributed by atoms with Crippen molar-refractivity contribution in [2.45, 2.75) is 6.42 Å². The van der Waals surface area contributed by atoms with Crippen LogP contribution in [0.5, 0.6) is 0 Å². The van der Waals surface area contributed by atoms with E-state index in [0.717, 1.165) is 5.56 Å². The van der Waals surface area contributed by atoms with E-state index in [1.807, 2.05) is 0 Å². The van der Waals surface area contributed by atoms with E-state index in [0.29, 0.717) is 11.1 Å². The Morgan fingerprint density at radius 3 is 2.11 bits per heavy atom. The molecular formula is C15H12O4. The minimum atomic E-state index is -0.981. The van der Waals surface area contributed by atoms with Gasteiger partial charge in [-0.15, -0.1) is 0 Å². The molecule has 0 aliphatic carbocycles. The molecule has 0 unspecified atom stereocenters. The third kappa shape index (κ3) is 2.98. The van der Waals surface area contributed by atoms with E-state index in [9.17, 15) is 9.59 Å². The molecule has 2 aromatic rings. The van der Waals surface area contributed by atoms with Gasteiger partial charge in [0.25, 0.3) is 0 Å². The lowest BCUT2D eigenvalue weighted by Gasteiger charge is -2.06. The van der Waals surface area contributed by atoms with Gasteiger partial charge in [0.2, 0.25) is 0 Å². The van der Waals surface area contributed by atoms with Gasteiger partial charge in [-0.25, -0.2) is 4.79 Å². The maximum absolute atomic E-state index is 11.1. The van der Waals surface area contributed by atoms with Gasteiger partial charge in [-0.2, -0.15) is 0 Å². The van der Waals surface area contributed by atoms with Crippen LogP contribution < -0.4 is 0 Å². The molecular weight excluding hydrogens is 244 g/mol. The molecule has 2 rings (SSSR count). The van der Waals surface area contributed by atoms with Crippen LogP contribution in [-0.4, -0.2) is 22.2 Å². The first-order valence-corrected chi connectivity index (χ1v) is 5.71. The van der Waals surface area contributed by atoms with Crippen LogP contribution in [-0.2, 0) is 11.2 Å². The van der Waals surface area contributed by atoms with E-state index in [2.05, 4.69) is 0 Å². The Morgan fingerprint density at radius 1 is 0.895 bits per heavy atom. The Labute approximate surface area is 109 Å². The monoisotopic (exact) mass is 256 g/mol. The fraction of sp³-hybridized carbons (Fsp3) is 0.0667. The second kappa shape index (κ2) is 5.35. The molecule has 0 aromatic heterocycles. The maximum atomic E-state index is 11.1. The van der Waals surface area contributed by atoms with Gasteiger partial charge in [0.15, 0.2) is 0 Å². The van der Waals surface area contributed by atoms with Crippen molar-refractivity contribution in [3.63, 3.8) is 0 Å². The van der Waals surface area contributed by atoms with Gasteiger partial charge in [-0.05, 0) is 22.8 Å². The summed E-state index contributed by atoms with van der Waals surface area (Å²) in [5.74, 6) is -1.87. The summed E-state index contributed by atoms with van der Waals surface area (Å²) in [6.07, 6.45) is -0.0408. The van der Waals surface area contributed by atoms with E-state index in [1.165, 1.54) is 0 Å². The minimum absolute atomic E-state index is 0.0408. The zero-order valence-corrected chi connectivity index (χ0v) is 10.0. The van der Waals surface area contributed by atoms with E-state index in [4.69, 9.17) is 10.2 Å². The lowest BCUT2D eigenvalue weighted by atomic mass is 9.98. The van der Waals surface area contributed by atoms with Crippen LogP contribution >= 0.6 is 0 Å². The van der Waals surface area contributed by atoms with Crippen molar-refractivity contribution in [3.8, 4) is 11.1 Å². The lowest BCUT2D eigenvalue weighted by molar-refractivity contribution is -0.136. The first-order valence-electron chi connectivity index (χ1n) is 5.71. The number of rotatable bonds is 4. The van der Waals surface area contributed by atoms with Gasteiger partial charge < -0.3 is 10.2 Å². The molecule has 0 spiro atoms. The molecule has 0 heterocycles. The summed E-state index contributed by atoms with van der Waals surface area (Å²) in [5, 5.41) is 17.8. The van der Waals surface area contributed by atoms with Gasteiger partial charge >= 0.3 is 11.9 Å². The average Bonchev–Trinajstić information content (AvgIpc) is 2.39. The van der Waals surface area contributed by atoms with Gasteiger partial charge in [0.1, 0.15) is 0 Å². The smallest absolute Gasteiger partial charge is 0.336 e. The molecule has 2 aromatic carbocycles. The Bertz CT molecular complexity index is 614. The predicted octanol–water partition coefficient (Wildman–Crippen LogP) is 2.68. The third-order valence-electron chi connectivity index (χ3n) is 2.78. The molecule has 0 amide bonds. The van der Waals surface area contributed by atoms with Crippen LogP contribution in [0.1, 0.15) is 15.9 Å². The molecule has 0 atom stereocenters. The molecule has 4 heteroatoms. The highest BCUT2D eigenvalue weighted by Gasteiger charge is 2.10. The number of carboxylic acid groups (broad SMARTS) is 2. The lowest BCUT2D eigenvalue weighted by Crippen LogP contribution is -2.01. The highest BCUT2D eigenvalue weighted by Crippen LogP contribution is 2.24. The molecule has 0 aliphatic heterocycles. The number of aromatic carboxylic acids is 1. The zero-order valence-electron chi connectivity index (χ0n) is 10.0. The summed E-state index contributed by atoms with van der Waals surface area (Å²) in [6.45, 7) is 0. The normalized spacial score (nSPS) is 10.1. The Hall–Kier alpha value is -2.62. The van der Waals surface area contributed by atoms with Crippen molar-refractivity contribution in [2.75, 3.05) is 0 Å². The number of carboxylic acids is 2. The number of benzene rings is 2. The Kier molecular flexibility index (Phi) is 3.61. The maximum Gasteiger partial charge on any atom is 0.336 e. The Balaban J connectivity index is 2.37. The van der Waals surface area contributed by atoms with Crippen LogP contribution in [0.15, 0.2) is 48.5 Å². The topological polar surface area (TPSA) is 74.6 Å². The second-order valence-corrected chi connectivity index (χ2v) is 4.12. The van der Waals surface area contributed by atoms with Crippen LogP contribution in [0.3, 0.4) is 0 Å². The number of aliphatic carboxylic acids is 1. The summed E-state index contributed by atoms with van der Waals surface area (Å²) in [5.41, 5.74) is 2.29. The van der Waals surface area contributed by atoms with Crippen molar-refractivity contribution >= 4 is 11.9 Å². The summed E-state index contributed by atoms with van der Waals surface area (Å²) in [6, 6.07) is 13.6.